The van der Waals surface area contributed by atoms with E-state index >= 15 is 0 Å². The fourth-order valence-corrected chi connectivity index (χ4v) is 4.04. The zero-order valence-electron chi connectivity index (χ0n) is 14.4. The van der Waals surface area contributed by atoms with E-state index in [1.54, 1.807) is 0 Å². The van der Waals surface area contributed by atoms with Crippen molar-refractivity contribution in [2.45, 2.75) is 46.1 Å². The van der Waals surface area contributed by atoms with Crippen molar-refractivity contribution in [2.75, 3.05) is 0 Å². The molecule has 2 heteroatoms. The zero-order valence-corrected chi connectivity index (χ0v) is 14.4. The largest absolute Gasteiger partial charge is 0.349 e. The number of fused-ring (bicyclic) bond motifs is 1. The van der Waals surface area contributed by atoms with Crippen LogP contribution in [0.15, 0.2) is 42.5 Å². The van der Waals surface area contributed by atoms with Gasteiger partial charge in [-0.1, -0.05) is 63.6 Å². The van der Waals surface area contributed by atoms with Gasteiger partial charge in [-0.2, -0.15) is 0 Å². The van der Waals surface area contributed by atoms with Crippen LogP contribution in [0.2, 0.25) is 0 Å². The number of hydrogen-bond donors (Lipinski definition) is 1. The van der Waals surface area contributed by atoms with Crippen molar-refractivity contribution in [2.24, 2.45) is 17.8 Å². The number of hydrogen-bond acceptors (Lipinski definition) is 1. The third-order valence-corrected chi connectivity index (χ3v) is 5.37. The maximum absolute atomic E-state index is 12.9. The first-order chi connectivity index (χ1) is 11.1. The Bertz CT molecular complexity index is 686. The van der Waals surface area contributed by atoms with Gasteiger partial charge in [-0.15, -0.1) is 0 Å². The van der Waals surface area contributed by atoms with Crippen LogP contribution < -0.4 is 5.32 Å². The molecule has 0 heterocycles. The number of amides is 1. The topological polar surface area (TPSA) is 29.1 Å². The summed E-state index contributed by atoms with van der Waals surface area (Å²) >= 11 is 0. The Morgan fingerprint density at radius 2 is 1.83 bits per heavy atom. The first kappa shape index (κ1) is 16.0. The van der Waals surface area contributed by atoms with Crippen molar-refractivity contribution in [3.05, 3.63) is 48.0 Å². The molecule has 2 nitrogen and oxygen atoms in total. The SMILES string of the molecule is CC(C)[C@H]1CC[C@@H](C)C[C@@H]1NC(=O)c1cccc2ccccc12. The Hall–Kier alpha value is -1.83. The molecule has 2 aromatic rings. The number of carbonyl (C=O) groups excluding carboxylic acids is 1. The van der Waals surface area contributed by atoms with Crippen LogP contribution in [-0.4, -0.2) is 11.9 Å². The van der Waals surface area contributed by atoms with E-state index in [-0.39, 0.29) is 5.91 Å². The molecule has 23 heavy (non-hydrogen) atoms. The lowest BCUT2D eigenvalue weighted by molar-refractivity contribution is 0.0869. The molecule has 0 saturated heterocycles. The van der Waals surface area contributed by atoms with Crippen LogP contribution in [0.1, 0.15) is 50.4 Å². The Morgan fingerprint density at radius 1 is 1.09 bits per heavy atom. The van der Waals surface area contributed by atoms with Gasteiger partial charge in [-0.05, 0) is 47.4 Å². The van der Waals surface area contributed by atoms with E-state index in [0.717, 1.165) is 22.8 Å². The second-order valence-electron chi connectivity index (χ2n) is 7.43. The van der Waals surface area contributed by atoms with Gasteiger partial charge in [0.25, 0.3) is 5.91 Å². The third-order valence-electron chi connectivity index (χ3n) is 5.37. The summed E-state index contributed by atoms with van der Waals surface area (Å²) in [6, 6.07) is 14.4. The van der Waals surface area contributed by atoms with Crippen LogP contribution >= 0.6 is 0 Å². The summed E-state index contributed by atoms with van der Waals surface area (Å²) in [6.07, 6.45) is 3.60. The number of rotatable bonds is 3. The van der Waals surface area contributed by atoms with Crippen LogP contribution in [0.5, 0.6) is 0 Å². The lowest BCUT2D eigenvalue weighted by atomic mass is 9.74. The molecule has 122 valence electrons. The highest BCUT2D eigenvalue weighted by Crippen LogP contribution is 2.33. The maximum Gasteiger partial charge on any atom is 0.252 e. The third kappa shape index (κ3) is 3.41. The predicted molar refractivity (Wildman–Crippen MR) is 96.5 cm³/mol. The zero-order chi connectivity index (χ0) is 16.4. The monoisotopic (exact) mass is 309 g/mol. The van der Waals surface area contributed by atoms with Crippen molar-refractivity contribution in [3.63, 3.8) is 0 Å². The van der Waals surface area contributed by atoms with E-state index < -0.39 is 0 Å². The van der Waals surface area contributed by atoms with Gasteiger partial charge in [0, 0.05) is 11.6 Å². The van der Waals surface area contributed by atoms with Crippen LogP contribution in [0.3, 0.4) is 0 Å². The van der Waals surface area contributed by atoms with Gasteiger partial charge in [0.2, 0.25) is 0 Å². The summed E-state index contributed by atoms with van der Waals surface area (Å²) in [6.45, 7) is 6.85. The molecule has 1 aliphatic carbocycles. The predicted octanol–water partition coefficient (Wildman–Crippen LogP) is 5.03. The van der Waals surface area contributed by atoms with Crippen molar-refractivity contribution in [1.29, 1.82) is 0 Å². The number of carbonyl (C=O) groups is 1. The summed E-state index contributed by atoms with van der Waals surface area (Å²) in [5.74, 6) is 1.97. The summed E-state index contributed by atoms with van der Waals surface area (Å²) in [5, 5.41) is 5.51. The molecule has 0 radical (unpaired) electrons. The summed E-state index contributed by atoms with van der Waals surface area (Å²) in [4.78, 5) is 12.9. The molecule has 3 atom stereocenters. The Labute approximate surface area is 139 Å². The van der Waals surface area contributed by atoms with Gasteiger partial charge in [0.15, 0.2) is 0 Å². The lowest BCUT2D eigenvalue weighted by Gasteiger charge is -2.37. The standard InChI is InChI=1S/C21H27NO/c1-14(2)17-12-11-15(3)13-20(17)22-21(23)19-10-6-8-16-7-4-5-9-18(16)19/h4-10,14-15,17,20H,11-13H2,1-3H3,(H,22,23)/t15-,17-,20+/m1/s1. The molecule has 1 N–H and O–H groups in total. The van der Waals surface area contributed by atoms with Crippen molar-refractivity contribution in [1.82, 2.24) is 5.32 Å². The first-order valence-electron chi connectivity index (χ1n) is 8.85. The molecule has 3 rings (SSSR count). The van der Waals surface area contributed by atoms with E-state index in [0.29, 0.717) is 23.8 Å². The van der Waals surface area contributed by atoms with Gasteiger partial charge in [0.05, 0.1) is 0 Å². The van der Waals surface area contributed by atoms with E-state index in [4.69, 9.17) is 0 Å². The highest BCUT2D eigenvalue weighted by molar-refractivity contribution is 6.07. The van der Waals surface area contributed by atoms with Gasteiger partial charge in [-0.3, -0.25) is 4.79 Å². The smallest absolute Gasteiger partial charge is 0.252 e. The highest BCUT2D eigenvalue weighted by atomic mass is 16.1. The lowest BCUT2D eigenvalue weighted by Crippen LogP contribution is -2.45. The molecule has 0 spiro atoms. The van der Waals surface area contributed by atoms with Crippen molar-refractivity contribution >= 4 is 16.7 Å². The van der Waals surface area contributed by atoms with Gasteiger partial charge in [0.1, 0.15) is 0 Å². The van der Waals surface area contributed by atoms with E-state index in [1.165, 1.54) is 12.8 Å². The van der Waals surface area contributed by atoms with E-state index in [2.05, 4.69) is 38.2 Å². The van der Waals surface area contributed by atoms with E-state index in [9.17, 15) is 4.79 Å². The molecule has 0 aliphatic heterocycles. The van der Waals surface area contributed by atoms with Crippen LogP contribution in [0, 0.1) is 17.8 Å². The second-order valence-corrected chi connectivity index (χ2v) is 7.43. The molecule has 1 amide bonds. The maximum atomic E-state index is 12.9. The van der Waals surface area contributed by atoms with Crippen LogP contribution in [0.4, 0.5) is 0 Å². The van der Waals surface area contributed by atoms with Gasteiger partial charge >= 0.3 is 0 Å². The normalized spacial score (nSPS) is 24.8. The minimum Gasteiger partial charge on any atom is -0.349 e. The van der Waals surface area contributed by atoms with Crippen molar-refractivity contribution in [3.8, 4) is 0 Å². The minimum atomic E-state index is 0.0755. The Balaban J connectivity index is 1.84. The van der Waals surface area contributed by atoms with Crippen LogP contribution in [0.25, 0.3) is 10.8 Å². The average molecular weight is 309 g/mol. The van der Waals surface area contributed by atoms with Gasteiger partial charge < -0.3 is 5.32 Å². The molecule has 1 saturated carbocycles. The van der Waals surface area contributed by atoms with Crippen LogP contribution in [-0.2, 0) is 0 Å². The first-order valence-corrected chi connectivity index (χ1v) is 8.85. The number of nitrogens with one attached hydrogen (secondary N) is 1. The molecule has 2 aromatic carbocycles. The van der Waals surface area contributed by atoms with E-state index in [1.807, 2.05) is 30.3 Å². The fraction of sp³-hybridized carbons (Fsp3) is 0.476. The molecular formula is C21H27NO. The highest BCUT2D eigenvalue weighted by Gasteiger charge is 2.32. The summed E-state index contributed by atoms with van der Waals surface area (Å²) < 4.78 is 0. The Kier molecular flexibility index (Phi) is 4.70. The molecular weight excluding hydrogens is 282 g/mol. The second kappa shape index (κ2) is 6.74. The molecule has 0 bridgehead atoms. The Morgan fingerprint density at radius 3 is 2.61 bits per heavy atom. The molecule has 1 fully saturated rings. The van der Waals surface area contributed by atoms with Gasteiger partial charge in [-0.25, -0.2) is 0 Å². The molecule has 1 aliphatic rings. The summed E-state index contributed by atoms with van der Waals surface area (Å²) in [7, 11) is 0. The fourth-order valence-electron chi connectivity index (χ4n) is 4.04. The van der Waals surface area contributed by atoms with Crippen molar-refractivity contribution < 1.29 is 4.79 Å². The average Bonchev–Trinajstić information content (AvgIpc) is 2.54. The number of benzene rings is 2. The quantitative estimate of drug-likeness (QED) is 0.846. The summed E-state index contributed by atoms with van der Waals surface area (Å²) in [5.41, 5.74) is 0.795. The molecule has 0 aromatic heterocycles. The molecule has 0 unspecified atom stereocenters. The minimum absolute atomic E-state index is 0.0755.